The van der Waals surface area contributed by atoms with Crippen LogP contribution in [0.25, 0.3) is 0 Å². The Hall–Kier alpha value is -2.13. The second kappa shape index (κ2) is 6.87. The largest absolute Gasteiger partial charge is 0.478 e. The van der Waals surface area contributed by atoms with Crippen LogP contribution in [-0.4, -0.2) is 29.6 Å². The van der Waals surface area contributed by atoms with Gasteiger partial charge in [-0.2, -0.15) is 0 Å². The molecule has 0 spiro atoms. The molecule has 1 N–H and O–H groups in total. The highest BCUT2D eigenvalue weighted by molar-refractivity contribution is 5.89. The maximum atomic E-state index is 11.1. The highest BCUT2D eigenvalue weighted by Crippen LogP contribution is 2.11. The van der Waals surface area contributed by atoms with Crippen molar-refractivity contribution >= 4 is 5.97 Å². The Kier molecular flexibility index (Phi) is 4.91. The number of nitrogens with zero attached hydrogens (tertiary/aromatic N) is 1. The molecule has 0 bridgehead atoms. The Labute approximate surface area is 119 Å². The second-order valence-electron chi connectivity index (χ2n) is 4.94. The minimum atomic E-state index is -0.855. The van der Waals surface area contributed by atoms with E-state index < -0.39 is 5.97 Å². The van der Waals surface area contributed by atoms with Crippen molar-refractivity contribution in [1.29, 1.82) is 0 Å². The molecule has 0 aromatic heterocycles. The fraction of sp³-hybridized carbons (Fsp3) is 0.235. The standard InChI is InChI=1S/C17H19NO2/c1-18(13-14-7-3-2-4-8-14)12-11-15-9-5-6-10-16(15)17(19)20/h2-10H,11-13H2,1H3,(H,19,20). The van der Waals surface area contributed by atoms with Crippen LogP contribution in [0.2, 0.25) is 0 Å². The van der Waals surface area contributed by atoms with Crippen molar-refractivity contribution in [2.24, 2.45) is 0 Å². The summed E-state index contributed by atoms with van der Waals surface area (Å²) in [4.78, 5) is 13.3. The number of hydrogen-bond donors (Lipinski definition) is 1. The molecule has 0 aliphatic carbocycles. The summed E-state index contributed by atoms with van der Waals surface area (Å²) in [6.45, 7) is 1.70. The first-order valence-electron chi connectivity index (χ1n) is 6.70. The molecule has 2 rings (SSSR count). The van der Waals surface area contributed by atoms with Gasteiger partial charge in [0.1, 0.15) is 0 Å². The number of carboxylic acids is 1. The lowest BCUT2D eigenvalue weighted by atomic mass is 10.0. The van der Waals surface area contributed by atoms with Gasteiger partial charge in [-0.3, -0.25) is 0 Å². The van der Waals surface area contributed by atoms with E-state index in [-0.39, 0.29) is 0 Å². The Bertz CT molecular complexity index is 566. The Morgan fingerprint density at radius 2 is 1.70 bits per heavy atom. The van der Waals surface area contributed by atoms with E-state index in [1.807, 2.05) is 30.3 Å². The minimum Gasteiger partial charge on any atom is -0.478 e. The van der Waals surface area contributed by atoms with E-state index in [4.69, 9.17) is 5.11 Å². The van der Waals surface area contributed by atoms with Crippen LogP contribution in [0.5, 0.6) is 0 Å². The van der Waals surface area contributed by atoms with Crippen molar-refractivity contribution in [3.8, 4) is 0 Å². The number of rotatable bonds is 6. The molecule has 0 saturated heterocycles. The van der Waals surface area contributed by atoms with Crippen molar-refractivity contribution in [3.05, 3.63) is 71.3 Å². The molecule has 0 unspecified atom stereocenters. The number of aromatic carboxylic acids is 1. The lowest BCUT2D eigenvalue weighted by Crippen LogP contribution is -2.21. The summed E-state index contributed by atoms with van der Waals surface area (Å²) < 4.78 is 0. The highest BCUT2D eigenvalue weighted by atomic mass is 16.4. The van der Waals surface area contributed by atoms with Gasteiger partial charge in [0.25, 0.3) is 0 Å². The van der Waals surface area contributed by atoms with Gasteiger partial charge < -0.3 is 10.0 Å². The van der Waals surface area contributed by atoms with Crippen molar-refractivity contribution in [2.75, 3.05) is 13.6 Å². The molecule has 0 fully saturated rings. The summed E-state index contributed by atoms with van der Waals surface area (Å²) >= 11 is 0. The predicted octanol–water partition coefficient (Wildman–Crippen LogP) is 3.06. The molecule has 2 aromatic carbocycles. The minimum absolute atomic E-state index is 0.403. The van der Waals surface area contributed by atoms with Crippen LogP contribution in [0.1, 0.15) is 21.5 Å². The molecule has 20 heavy (non-hydrogen) atoms. The van der Waals surface area contributed by atoms with Gasteiger partial charge in [-0.05, 0) is 30.7 Å². The van der Waals surface area contributed by atoms with Gasteiger partial charge in [-0.1, -0.05) is 48.5 Å². The molecule has 0 heterocycles. The first kappa shape index (κ1) is 14.3. The van der Waals surface area contributed by atoms with Gasteiger partial charge in [-0.15, -0.1) is 0 Å². The lowest BCUT2D eigenvalue weighted by Gasteiger charge is -2.17. The van der Waals surface area contributed by atoms with Gasteiger partial charge in [0.15, 0.2) is 0 Å². The monoisotopic (exact) mass is 269 g/mol. The second-order valence-corrected chi connectivity index (χ2v) is 4.94. The van der Waals surface area contributed by atoms with Gasteiger partial charge in [0.05, 0.1) is 5.56 Å². The van der Waals surface area contributed by atoms with Crippen LogP contribution >= 0.6 is 0 Å². The number of carboxylic acid groups (broad SMARTS) is 1. The Morgan fingerprint density at radius 1 is 1.05 bits per heavy atom. The van der Waals surface area contributed by atoms with E-state index in [0.717, 1.165) is 25.1 Å². The van der Waals surface area contributed by atoms with Crippen LogP contribution in [0, 0.1) is 0 Å². The molecule has 2 aromatic rings. The molecule has 0 atom stereocenters. The molecule has 104 valence electrons. The van der Waals surface area contributed by atoms with Gasteiger partial charge in [-0.25, -0.2) is 4.79 Å². The van der Waals surface area contributed by atoms with Crippen molar-refractivity contribution in [2.45, 2.75) is 13.0 Å². The zero-order valence-corrected chi connectivity index (χ0v) is 11.6. The highest BCUT2D eigenvalue weighted by Gasteiger charge is 2.09. The smallest absolute Gasteiger partial charge is 0.335 e. The molecule has 0 radical (unpaired) electrons. The summed E-state index contributed by atoms with van der Waals surface area (Å²) in [5.74, 6) is -0.855. The van der Waals surface area contributed by atoms with Crippen LogP contribution in [0.15, 0.2) is 54.6 Å². The van der Waals surface area contributed by atoms with E-state index >= 15 is 0 Å². The molecule has 3 heteroatoms. The topological polar surface area (TPSA) is 40.5 Å². The SMILES string of the molecule is CN(CCc1ccccc1C(=O)O)Cc1ccccc1. The average molecular weight is 269 g/mol. The third-order valence-corrected chi connectivity index (χ3v) is 3.31. The normalized spacial score (nSPS) is 10.7. The molecular formula is C17H19NO2. The number of benzene rings is 2. The van der Waals surface area contributed by atoms with Crippen LogP contribution in [0.4, 0.5) is 0 Å². The van der Waals surface area contributed by atoms with Crippen LogP contribution in [0.3, 0.4) is 0 Å². The van der Waals surface area contributed by atoms with Crippen LogP contribution < -0.4 is 0 Å². The van der Waals surface area contributed by atoms with Crippen LogP contribution in [-0.2, 0) is 13.0 Å². The molecular weight excluding hydrogens is 250 g/mol. The number of carbonyl (C=O) groups is 1. The van der Waals surface area contributed by atoms with Gasteiger partial charge in [0, 0.05) is 13.1 Å². The van der Waals surface area contributed by atoms with E-state index in [0.29, 0.717) is 5.56 Å². The van der Waals surface area contributed by atoms with E-state index in [9.17, 15) is 4.79 Å². The van der Waals surface area contributed by atoms with E-state index in [1.54, 1.807) is 12.1 Å². The average Bonchev–Trinajstić information content (AvgIpc) is 2.46. The van der Waals surface area contributed by atoms with Gasteiger partial charge >= 0.3 is 5.97 Å². The summed E-state index contributed by atoms with van der Waals surface area (Å²) in [5, 5.41) is 9.15. The quantitative estimate of drug-likeness (QED) is 0.876. The molecule has 0 aliphatic rings. The number of hydrogen-bond acceptors (Lipinski definition) is 2. The fourth-order valence-corrected chi connectivity index (χ4v) is 2.23. The summed E-state index contributed by atoms with van der Waals surface area (Å²) in [5.41, 5.74) is 2.56. The third-order valence-electron chi connectivity index (χ3n) is 3.31. The molecule has 3 nitrogen and oxygen atoms in total. The zero-order chi connectivity index (χ0) is 14.4. The van der Waals surface area contributed by atoms with Crippen molar-refractivity contribution in [1.82, 2.24) is 4.90 Å². The first-order valence-corrected chi connectivity index (χ1v) is 6.70. The third kappa shape index (κ3) is 3.93. The van der Waals surface area contributed by atoms with Crippen molar-refractivity contribution in [3.63, 3.8) is 0 Å². The van der Waals surface area contributed by atoms with Crippen molar-refractivity contribution < 1.29 is 9.90 Å². The van der Waals surface area contributed by atoms with E-state index in [2.05, 4.69) is 24.1 Å². The van der Waals surface area contributed by atoms with E-state index in [1.165, 1.54) is 5.56 Å². The maximum absolute atomic E-state index is 11.1. The molecule has 0 saturated carbocycles. The molecule has 0 aliphatic heterocycles. The number of likely N-dealkylation sites (N-methyl/N-ethyl adjacent to an activating group) is 1. The Morgan fingerprint density at radius 3 is 2.40 bits per heavy atom. The fourth-order valence-electron chi connectivity index (χ4n) is 2.23. The summed E-state index contributed by atoms with van der Waals surface area (Å²) in [7, 11) is 2.05. The first-order chi connectivity index (χ1) is 9.66. The van der Waals surface area contributed by atoms with Gasteiger partial charge in [0.2, 0.25) is 0 Å². The molecule has 0 amide bonds. The Balaban J connectivity index is 1.94. The lowest BCUT2D eigenvalue weighted by molar-refractivity contribution is 0.0695. The zero-order valence-electron chi connectivity index (χ0n) is 11.6. The summed E-state index contributed by atoms with van der Waals surface area (Å²) in [6.07, 6.45) is 0.742. The maximum Gasteiger partial charge on any atom is 0.335 e. The summed E-state index contributed by atoms with van der Waals surface area (Å²) in [6, 6.07) is 17.5. The predicted molar refractivity (Wildman–Crippen MR) is 79.9 cm³/mol.